The zero-order valence-corrected chi connectivity index (χ0v) is 11.5. The van der Waals surface area contributed by atoms with E-state index in [1.54, 1.807) is 13.0 Å². The van der Waals surface area contributed by atoms with Crippen LogP contribution in [0.15, 0.2) is 6.07 Å². The quantitative estimate of drug-likeness (QED) is 0.747. The first kappa shape index (κ1) is 16.5. The van der Waals surface area contributed by atoms with Gasteiger partial charge in [0, 0.05) is 18.3 Å². The van der Waals surface area contributed by atoms with E-state index >= 15 is 0 Å². The molecule has 8 heteroatoms. The van der Waals surface area contributed by atoms with Crippen LogP contribution >= 0.6 is 0 Å². The van der Waals surface area contributed by atoms with Crippen LogP contribution in [-0.4, -0.2) is 42.5 Å². The van der Waals surface area contributed by atoms with Gasteiger partial charge in [-0.25, -0.2) is 4.98 Å². The van der Waals surface area contributed by atoms with Crippen LogP contribution in [0.4, 0.5) is 19.1 Å². The summed E-state index contributed by atoms with van der Waals surface area (Å²) >= 11 is 0. The number of aryl methyl sites for hydroxylation is 1. The second kappa shape index (κ2) is 7.88. The number of nitrogens with one attached hydrogen (secondary N) is 1. The lowest BCUT2D eigenvalue weighted by molar-refractivity contribution is -0.172. The van der Waals surface area contributed by atoms with Gasteiger partial charge in [0.1, 0.15) is 6.61 Å². The van der Waals surface area contributed by atoms with Crippen molar-refractivity contribution >= 4 is 5.95 Å². The number of aromatic nitrogens is 2. The van der Waals surface area contributed by atoms with Gasteiger partial charge in [-0.2, -0.15) is 18.2 Å². The molecule has 0 bridgehead atoms. The average molecular weight is 293 g/mol. The summed E-state index contributed by atoms with van der Waals surface area (Å²) in [5.74, 6) is 0.754. The fourth-order valence-corrected chi connectivity index (χ4v) is 1.32. The van der Waals surface area contributed by atoms with Crippen molar-refractivity contribution in [3.63, 3.8) is 0 Å². The Morgan fingerprint density at radius 1 is 1.25 bits per heavy atom. The fraction of sp³-hybridized carbons (Fsp3) is 0.667. The van der Waals surface area contributed by atoms with E-state index in [9.17, 15) is 13.2 Å². The van der Waals surface area contributed by atoms with E-state index in [1.807, 2.05) is 6.92 Å². The predicted molar refractivity (Wildman–Crippen MR) is 67.9 cm³/mol. The number of ether oxygens (including phenoxy) is 2. The molecule has 1 heterocycles. The maximum absolute atomic E-state index is 11.8. The summed E-state index contributed by atoms with van der Waals surface area (Å²) in [6.45, 7) is 3.16. The molecule has 114 valence electrons. The molecule has 0 saturated heterocycles. The van der Waals surface area contributed by atoms with Gasteiger partial charge in [-0.15, -0.1) is 0 Å². The highest BCUT2D eigenvalue weighted by atomic mass is 19.4. The molecule has 0 fully saturated rings. The molecule has 0 aromatic carbocycles. The SMILES string of the molecule is CCCOc1cc(C)nc(NCCOCC(F)(F)F)n1. The van der Waals surface area contributed by atoms with Crippen LogP contribution in [0, 0.1) is 6.92 Å². The van der Waals surface area contributed by atoms with Crippen LogP contribution in [0.3, 0.4) is 0 Å². The Morgan fingerprint density at radius 2 is 2.00 bits per heavy atom. The lowest BCUT2D eigenvalue weighted by Crippen LogP contribution is -2.20. The summed E-state index contributed by atoms with van der Waals surface area (Å²) < 4.78 is 45.4. The van der Waals surface area contributed by atoms with E-state index in [0.29, 0.717) is 24.1 Å². The Morgan fingerprint density at radius 3 is 2.65 bits per heavy atom. The molecule has 0 spiro atoms. The van der Waals surface area contributed by atoms with Crippen LogP contribution < -0.4 is 10.1 Å². The molecule has 20 heavy (non-hydrogen) atoms. The van der Waals surface area contributed by atoms with Crippen molar-refractivity contribution in [1.29, 1.82) is 0 Å². The molecule has 0 atom stereocenters. The Balaban J connectivity index is 2.37. The largest absolute Gasteiger partial charge is 0.478 e. The second-order valence-electron chi connectivity index (χ2n) is 4.11. The van der Waals surface area contributed by atoms with Crippen molar-refractivity contribution in [2.45, 2.75) is 26.4 Å². The summed E-state index contributed by atoms with van der Waals surface area (Å²) in [6.07, 6.45) is -3.45. The molecule has 0 aliphatic rings. The predicted octanol–water partition coefficient (Wildman–Crippen LogP) is 2.56. The van der Waals surface area contributed by atoms with Gasteiger partial charge in [-0.1, -0.05) is 6.92 Å². The van der Waals surface area contributed by atoms with Crippen LogP contribution in [0.5, 0.6) is 5.88 Å². The minimum Gasteiger partial charge on any atom is -0.478 e. The molecule has 0 radical (unpaired) electrons. The van der Waals surface area contributed by atoms with Crippen molar-refractivity contribution in [3.8, 4) is 5.88 Å². The van der Waals surface area contributed by atoms with Gasteiger partial charge in [0.15, 0.2) is 0 Å². The molecule has 1 aromatic heterocycles. The van der Waals surface area contributed by atoms with E-state index in [1.165, 1.54) is 0 Å². The third-order valence-corrected chi connectivity index (χ3v) is 2.08. The number of halogens is 3. The molecule has 1 N–H and O–H groups in total. The molecule has 1 rings (SSSR count). The molecular formula is C12H18F3N3O2. The van der Waals surface area contributed by atoms with Crippen LogP contribution in [0.1, 0.15) is 19.0 Å². The van der Waals surface area contributed by atoms with E-state index in [0.717, 1.165) is 6.42 Å². The molecular weight excluding hydrogens is 275 g/mol. The maximum atomic E-state index is 11.8. The molecule has 0 unspecified atom stereocenters. The first-order chi connectivity index (χ1) is 9.40. The highest BCUT2D eigenvalue weighted by molar-refractivity contribution is 5.30. The molecule has 5 nitrogen and oxygen atoms in total. The number of anilines is 1. The number of hydrogen-bond donors (Lipinski definition) is 1. The monoisotopic (exact) mass is 293 g/mol. The Hall–Kier alpha value is -1.57. The minimum absolute atomic E-state index is 0.0814. The normalized spacial score (nSPS) is 11.4. The fourth-order valence-electron chi connectivity index (χ4n) is 1.32. The molecule has 0 saturated carbocycles. The van der Waals surface area contributed by atoms with Gasteiger partial charge in [-0.05, 0) is 13.3 Å². The third-order valence-electron chi connectivity index (χ3n) is 2.08. The van der Waals surface area contributed by atoms with Gasteiger partial charge >= 0.3 is 6.18 Å². The maximum Gasteiger partial charge on any atom is 0.411 e. The van der Waals surface area contributed by atoms with Crippen molar-refractivity contribution in [2.24, 2.45) is 0 Å². The zero-order valence-electron chi connectivity index (χ0n) is 11.5. The van der Waals surface area contributed by atoms with Gasteiger partial charge in [0.2, 0.25) is 11.8 Å². The van der Waals surface area contributed by atoms with E-state index < -0.39 is 12.8 Å². The summed E-state index contributed by atoms with van der Waals surface area (Å²) in [4.78, 5) is 8.20. The van der Waals surface area contributed by atoms with E-state index in [4.69, 9.17) is 4.74 Å². The number of nitrogens with zero attached hydrogens (tertiary/aromatic N) is 2. The summed E-state index contributed by atoms with van der Waals surface area (Å²) in [7, 11) is 0. The van der Waals surface area contributed by atoms with Gasteiger partial charge in [0.05, 0.1) is 13.2 Å². The van der Waals surface area contributed by atoms with Crippen molar-refractivity contribution in [3.05, 3.63) is 11.8 Å². The van der Waals surface area contributed by atoms with Crippen LogP contribution in [-0.2, 0) is 4.74 Å². The number of alkyl halides is 3. The van der Waals surface area contributed by atoms with Crippen LogP contribution in [0.2, 0.25) is 0 Å². The lowest BCUT2D eigenvalue weighted by Gasteiger charge is -2.10. The van der Waals surface area contributed by atoms with Crippen molar-refractivity contribution in [1.82, 2.24) is 9.97 Å². The van der Waals surface area contributed by atoms with Gasteiger partial charge in [0.25, 0.3) is 0 Å². The average Bonchev–Trinajstić information content (AvgIpc) is 2.34. The van der Waals surface area contributed by atoms with E-state index in [-0.39, 0.29) is 13.2 Å². The van der Waals surface area contributed by atoms with Crippen molar-refractivity contribution < 1.29 is 22.6 Å². The lowest BCUT2D eigenvalue weighted by atomic mass is 10.4. The highest BCUT2D eigenvalue weighted by Gasteiger charge is 2.27. The van der Waals surface area contributed by atoms with Crippen LogP contribution in [0.25, 0.3) is 0 Å². The first-order valence-electron chi connectivity index (χ1n) is 6.27. The standard InChI is InChI=1S/C12H18F3N3O2/c1-3-5-20-10-7-9(2)17-11(18-10)16-4-6-19-8-12(13,14)15/h7H,3-6,8H2,1-2H3,(H,16,17,18). The Kier molecular flexibility index (Phi) is 6.50. The minimum atomic E-state index is -4.30. The second-order valence-corrected chi connectivity index (χ2v) is 4.11. The number of hydrogen-bond acceptors (Lipinski definition) is 5. The third kappa shape index (κ3) is 7.13. The molecule has 0 amide bonds. The summed E-state index contributed by atoms with van der Waals surface area (Å²) in [5.41, 5.74) is 0.713. The zero-order chi connectivity index (χ0) is 15.0. The highest BCUT2D eigenvalue weighted by Crippen LogP contribution is 2.14. The van der Waals surface area contributed by atoms with Gasteiger partial charge in [-0.3, -0.25) is 0 Å². The molecule has 1 aromatic rings. The smallest absolute Gasteiger partial charge is 0.411 e. The summed E-state index contributed by atoms with van der Waals surface area (Å²) in [6, 6.07) is 1.70. The Labute approximate surface area is 115 Å². The topological polar surface area (TPSA) is 56.3 Å². The first-order valence-corrected chi connectivity index (χ1v) is 6.27. The van der Waals surface area contributed by atoms with Gasteiger partial charge < -0.3 is 14.8 Å². The van der Waals surface area contributed by atoms with Crippen molar-refractivity contribution in [2.75, 3.05) is 31.7 Å². The Bertz CT molecular complexity index is 413. The molecule has 0 aliphatic carbocycles. The number of rotatable bonds is 8. The molecule has 0 aliphatic heterocycles. The van der Waals surface area contributed by atoms with E-state index in [2.05, 4.69) is 20.0 Å². The summed E-state index contributed by atoms with van der Waals surface area (Å²) in [5, 5.41) is 2.79.